The Labute approximate surface area is 257 Å². The minimum atomic E-state index is -4.75. The Kier molecular flexibility index (Phi) is 8.16. The van der Waals surface area contributed by atoms with Gasteiger partial charge in [0.1, 0.15) is 30.3 Å². The highest BCUT2D eigenvalue weighted by molar-refractivity contribution is 6.30. The predicted octanol–water partition coefficient (Wildman–Crippen LogP) is 5.15. The Bertz CT molecular complexity index is 1790. The molecule has 3 atom stereocenters. The average Bonchev–Trinajstić information content (AvgIpc) is 3.63. The Morgan fingerprint density at radius 3 is 2.60 bits per heavy atom. The van der Waals surface area contributed by atoms with Crippen LogP contribution in [0.4, 0.5) is 26.7 Å². The van der Waals surface area contributed by atoms with Gasteiger partial charge in [-0.05, 0) is 29.8 Å². The van der Waals surface area contributed by atoms with Crippen LogP contribution in [-0.4, -0.2) is 67.8 Å². The summed E-state index contributed by atoms with van der Waals surface area (Å²) in [4.78, 5) is 32.0. The average molecular weight is 653 g/mol. The van der Waals surface area contributed by atoms with Crippen LogP contribution in [0.15, 0.2) is 53.6 Å². The lowest BCUT2D eigenvalue weighted by Crippen LogP contribution is -2.44. The minimum Gasteiger partial charge on any atom is -0.490 e. The third-order valence-corrected chi connectivity index (χ3v) is 8.17. The standard InChI is InChI=1S/C29H26ClF5N6O4/c30-17-3-1-15(2-4-17)12-40-25(10-24(36)29(33,34)35)38-22-8-20(16-11-37-41(13-16)27(31)32)23(9-21(22)26(40)42)45-19-5-6-39-18(7-19)14-44-28(39)43/h1-4,8-9,11,13,18-19,24,27H,5-7,10,12,14,36H2/t18-,19-,24-/m0/s1. The fourth-order valence-corrected chi connectivity index (χ4v) is 5.68. The zero-order chi connectivity index (χ0) is 32.0. The first-order valence-corrected chi connectivity index (χ1v) is 14.3. The highest BCUT2D eigenvalue weighted by Gasteiger charge is 2.40. The summed E-state index contributed by atoms with van der Waals surface area (Å²) < 4.78 is 80.4. The van der Waals surface area contributed by atoms with Crippen LogP contribution in [0.5, 0.6) is 5.75 Å². The number of hydrogen-bond acceptors (Lipinski definition) is 7. The van der Waals surface area contributed by atoms with Crippen molar-refractivity contribution in [2.75, 3.05) is 13.2 Å². The molecule has 2 aromatic carbocycles. The fourth-order valence-electron chi connectivity index (χ4n) is 5.55. The van der Waals surface area contributed by atoms with Crippen molar-refractivity contribution in [3.05, 3.63) is 75.6 Å². The van der Waals surface area contributed by atoms with Gasteiger partial charge in [-0.1, -0.05) is 23.7 Å². The van der Waals surface area contributed by atoms with Gasteiger partial charge in [-0.2, -0.15) is 27.1 Å². The number of carbonyl (C=O) groups excluding carboxylic acids is 1. The van der Waals surface area contributed by atoms with Crippen LogP contribution in [0, 0.1) is 0 Å². The molecule has 2 fully saturated rings. The van der Waals surface area contributed by atoms with Crippen LogP contribution in [-0.2, 0) is 17.7 Å². The molecule has 2 aromatic heterocycles. The summed E-state index contributed by atoms with van der Waals surface area (Å²) in [7, 11) is 0. The third-order valence-electron chi connectivity index (χ3n) is 7.92. The summed E-state index contributed by atoms with van der Waals surface area (Å²) in [5, 5.41) is 4.16. The van der Waals surface area contributed by atoms with E-state index in [9.17, 15) is 31.5 Å². The number of amides is 1. The first-order chi connectivity index (χ1) is 21.4. The van der Waals surface area contributed by atoms with E-state index in [1.165, 1.54) is 18.3 Å². The highest BCUT2D eigenvalue weighted by atomic mass is 35.5. The van der Waals surface area contributed by atoms with E-state index in [2.05, 4.69) is 10.1 Å². The minimum absolute atomic E-state index is 0.0217. The number of halogens is 6. The maximum Gasteiger partial charge on any atom is 0.410 e. The van der Waals surface area contributed by atoms with E-state index in [1.807, 2.05) is 0 Å². The molecule has 0 saturated carbocycles. The van der Waals surface area contributed by atoms with Gasteiger partial charge < -0.3 is 20.1 Å². The Hall–Kier alpha value is -4.24. The van der Waals surface area contributed by atoms with Crippen LogP contribution in [0.25, 0.3) is 22.0 Å². The summed E-state index contributed by atoms with van der Waals surface area (Å²) in [5.41, 5.74) is 5.87. The molecule has 1 amide bonds. The summed E-state index contributed by atoms with van der Waals surface area (Å²) in [6.45, 7) is -2.47. The molecule has 0 bridgehead atoms. The molecule has 238 valence electrons. The van der Waals surface area contributed by atoms with Gasteiger partial charge in [0, 0.05) is 48.2 Å². The van der Waals surface area contributed by atoms with Gasteiger partial charge >= 0.3 is 18.8 Å². The van der Waals surface area contributed by atoms with Crippen LogP contribution >= 0.6 is 11.6 Å². The lowest BCUT2D eigenvalue weighted by Gasteiger charge is -2.33. The second-order valence-corrected chi connectivity index (χ2v) is 11.4. The smallest absolute Gasteiger partial charge is 0.410 e. The summed E-state index contributed by atoms with van der Waals surface area (Å²) in [5.74, 6) is -0.0508. The predicted molar refractivity (Wildman–Crippen MR) is 152 cm³/mol. The van der Waals surface area contributed by atoms with Crippen molar-refractivity contribution in [2.45, 2.75) is 56.7 Å². The molecule has 2 saturated heterocycles. The van der Waals surface area contributed by atoms with E-state index in [1.54, 1.807) is 29.2 Å². The largest absolute Gasteiger partial charge is 0.490 e. The normalized spacial score (nSPS) is 19.2. The number of alkyl halides is 5. The van der Waals surface area contributed by atoms with Crippen molar-refractivity contribution in [2.24, 2.45) is 5.73 Å². The molecule has 0 aliphatic carbocycles. The number of piperidine rings is 1. The summed E-state index contributed by atoms with van der Waals surface area (Å²) in [6.07, 6.45) is -3.23. The molecule has 6 rings (SSSR count). The molecule has 2 aliphatic rings. The molecular weight excluding hydrogens is 627 g/mol. The van der Waals surface area contributed by atoms with Gasteiger partial charge in [0.25, 0.3) is 5.56 Å². The van der Waals surface area contributed by atoms with Crippen molar-refractivity contribution >= 4 is 28.6 Å². The Morgan fingerprint density at radius 2 is 1.91 bits per heavy atom. The van der Waals surface area contributed by atoms with Crippen molar-refractivity contribution in [3.63, 3.8) is 0 Å². The Balaban J connectivity index is 1.47. The summed E-state index contributed by atoms with van der Waals surface area (Å²) >= 11 is 5.98. The first-order valence-electron chi connectivity index (χ1n) is 13.9. The van der Waals surface area contributed by atoms with Gasteiger partial charge in [-0.3, -0.25) is 9.36 Å². The fraction of sp³-hybridized carbons (Fsp3) is 0.379. The topological polar surface area (TPSA) is 118 Å². The van der Waals surface area contributed by atoms with Crippen LogP contribution in [0.2, 0.25) is 5.02 Å². The van der Waals surface area contributed by atoms with E-state index in [0.29, 0.717) is 34.7 Å². The second kappa shape index (κ2) is 11.9. The SMILES string of the molecule is N[C@@H](Cc1nc2cc(-c3cnn(C(F)F)c3)c(O[C@H]3CCN4C(=O)OC[C@@H]4C3)cc2c(=O)n1Cc1ccc(Cl)cc1)C(F)(F)F. The lowest BCUT2D eigenvalue weighted by atomic mass is 10.00. The zero-order valence-electron chi connectivity index (χ0n) is 23.4. The maximum atomic E-state index is 14.0. The van der Waals surface area contributed by atoms with E-state index in [-0.39, 0.29) is 52.8 Å². The van der Waals surface area contributed by atoms with E-state index in [0.717, 1.165) is 10.8 Å². The highest BCUT2D eigenvalue weighted by Crippen LogP contribution is 2.36. The monoisotopic (exact) mass is 652 g/mol. The summed E-state index contributed by atoms with van der Waals surface area (Å²) in [6, 6.07) is 6.75. The second-order valence-electron chi connectivity index (χ2n) is 10.9. The van der Waals surface area contributed by atoms with Crippen molar-refractivity contribution < 1.29 is 36.2 Å². The molecule has 4 aromatic rings. The molecule has 2 aliphatic heterocycles. The zero-order valence-corrected chi connectivity index (χ0v) is 24.1. The van der Waals surface area contributed by atoms with Crippen molar-refractivity contribution in [3.8, 4) is 16.9 Å². The van der Waals surface area contributed by atoms with E-state index >= 15 is 0 Å². The van der Waals surface area contributed by atoms with E-state index in [4.69, 9.17) is 26.8 Å². The van der Waals surface area contributed by atoms with Crippen molar-refractivity contribution in [1.82, 2.24) is 24.2 Å². The van der Waals surface area contributed by atoms with Gasteiger partial charge in [-0.15, -0.1) is 0 Å². The number of nitrogens with zero attached hydrogens (tertiary/aromatic N) is 5. The first kappa shape index (κ1) is 30.8. The number of rotatable bonds is 8. The molecule has 4 heterocycles. The quantitative estimate of drug-likeness (QED) is 0.262. The number of benzene rings is 2. The third kappa shape index (κ3) is 6.31. The molecule has 0 radical (unpaired) electrons. The number of aromatic nitrogens is 4. The van der Waals surface area contributed by atoms with Crippen LogP contribution in [0.3, 0.4) is 0 Å². The number of nitrogens with two attached hydrogens (primary N) is 1. The van der Waals surface area contributed by atoms with E-state index < -0.39 is 42.9 Å². The molecule has 0 spiro atoms. The van der Waals surface area contributed by atoms with Crippen LogP contribution in [0.1, 0.15) is 30.8 Å². The number of ether oxygens (including phenoxy) is 2. The van der Waals surface area contributed by atoms with Gasteiger partial charge in [0.05, 0.1) is 29.7 Å². The maximum absolute atomic E-state index is 14.0. The number of cyclic esters (lactones) is 1. The Morgan fingerprint density at radius 1 is 1.16 bits per heavy atom. The van der Waals surface area contributed by atoms with Crippen molar-refractivity contribution in [1.29, 1.82) is 0 Å². The number of hydrogen-bond donors (Lipinski definition) is 1. The number of fused-ring (bicyclic) bond motifs is 2. The van der Waals surface area contributed by atoms with Gasteiger partial charge in [-0.25, -0.2) is 14.5 Å². The molecule has 2 N–H and O–H groups in total. The van der Waals surface area contributed by atoms with Gasteiger partial charge in [0.15, 0.2) is 0 Å². The molecular formula is C29H26ClF5N6O4. The molecule has 45 heavy (non-hydrogen) atoms. The molecule has 10 nitrogen and oxygen atoms in total. The van der Waals surface area contributed by atoms with Crippen LogP contribution < -0.4 is 16.0 Å². The lowest BCUT2D eigenvalue weighted by molar-refractivity contribution is -0.147. The molecule has 16 heteroatoms. The van der Waals surface area contributed by atoms with Gasteiger partial charge in [0.2, 0.25) is 0 Å². The molecule has 0 unspecified atom stereocenters. The number of carbonyl (C=O) groups is 1.